The lowest BCUT2D eigenvalue weighted by atomic mass is 10.0. The van der Waals surface area contributed by atoms with Crippen molar-refractivity contribution < 1.29 is 33.4 Å². The molecule has 0 bridgehead atoms. The van der Waals surface area contributed by atoms with Gasteiger partial charge in [-0.2, -0.15) is 0 Å². The zero-order valence-corrected chi connectivity index (χ0v) is 28.7. The highest BCUT2D eigenvalue weighted by molar-refractivity contribution is 6.76. The smallest absolute Gasteiger partial charge is 0.405 e. The molecule has 0 radical (unpaired) electrons. The van der Waals surface area contributed by atoms with Crippen LogP contribution >= 0.6 is 0 Å². The number of piperazine rings is 1. The van der Waals surface area contributed by atoms with Crippen LogP contribution in [0.25, 0.3) is 11.0 Å². The molecule has 11 nitrogen and oxygen atoms in total. The first-order valence-electron chi connectivity index (χ1n) is 16.0. The Bertz CT molecular complexity index is 1770. The average Bonchev–Trinajstić information content (AvgIpc) is 3.39. The summed E-state index contributed by atoms with van der Waals surface area (Å²) in [6.07, 6.45) is 2.11. The van der Waals surface area contributed by atoms with E-state index in [4.69, 9.17) is 9.47 Å². The van der Waals surface area contributed by atoms with E-state index in [1.165, 1.54) is 17.0 Å². The first-order chi connectivity index (χ1) is 22.9. The minimum Gasteiger partial charge on any atom is -0.465 e. The summed E-state index contributed by atoms with van der Waals surface area (Å²) in [5, 5.41) is 12.5. The number of carbonyl (C=O) groups excluding carboxylic acids is 2. The van der Waals surface area contributed by atoms with Gasteiger partial charge in [-0.25, -0.2) is 14.2 Å². The molecule has 1 fully saturated rings. The van der Waals surface area contributed by atoms with Gasteiger partial charge in [-0.1, -0.05) is 43.9 Å². The lowest BCUT2D eigenvalue weighted by molar-refractivity contribution is -0.134. The molecule has 2 aromatic heterocycles. The van der Waals surface area contributed by atoms with Crippen molar-refractivity contribution in [3.8, 4) is 11.5 Å². The molecule has 254 valence electrons. The van der Waals surface area contributed by atoms with Gasteiger partial charge in [0, 0.05) is 65.2 Å². The van der Waals surface area contributed by atoms with Crippen LogP contribution in [-0.2, 0) is 22.7 Å². The van der Waals surface area contributed by atoms with Crippen molar-refractivity contribution >= 4 is 37.0 Å². The third-order valence-electron chi connectivity index (χ3n) is 8.29. The maximum absolute atomic E-state index is 15.4. The van der Waals surface area contributed by atoms with Gasteiger partial charge in [0.15, 0.2) is 11.6 Å². The lowest BCUT2D eigenvalue weighted by Gasteiger charge is -2.36. The Kier molecular flexibility index (Phi) is 10.8. The number of fused-ring (bicyclic) bond motifs is 1. The third kappa shape index (κ3) is 8.58. The van der Waals surface area contributed by atoms with E-state index in [9.17, 15) is 19.5 Å². The molecule has 5 rings (SSSR count). The number of nitrogens with zero attached hydrogens (tertiary/aromatic N) is 4. The summed E-state index contributed by atoms with van der Waals surface area (Å²) in [6, 6.07) is 14.8. The number of rotatable bonds is 12. The van der Waals surface area contributed by atoms with E-state index >= 15 is 4.39 Å². The van der Waals surface area contributed by atoms with Gasteiger partial charge in [0.05, 0.1) is 5.39 Å². The van der Waals surface area contributed by atoms with Gasteiger partial charge in [-0.3, -0.25) is 9.59 Å². The number of hydrogen-bond donors (Lipinski definition) is 2. The molecule has 2 N–H and O–H groups in total. The van der Waals surface area contributed by atoms with E-state index < -0.39 is 31.9 Å². The SMILES string of the molecule is Cc1cn(COCC[Si](C)(C)C)c2nccc(Oc3ccc(CC(NC(=O)O)C(=O)N4CCN(C(=O)c5ccccc5)CC4)cc3F)c12. The second-order valence-corrected chi connectivity index (χ2v) is 18.8. The highest BCUT2D eigenvalue weighted by Crippen LogP contribution is 2.34. The van der Waals surface area contributed by atoms with Crippen LogP contribution in [0.5, 0.6) is 11.5 Å². The summed E-state index contributed by atoms with van der Waals surface area (Å²) in [5.41, 5.74) is 2.56. The number of amides is 3. The number of nitrogens with one attached hydrogen (secondary N) is 1. The summed E-state index contributed by atoms with van der Waals surface area (Å²) in [4.78, 5) is 45.6. The monoisotopic (exact) mass is 675 g/mol. The molecule has 2 aromatic carbocycles. The molecule has 3 amide bonds. The molecule has 0 saturated carbocycles. The highest BCUT2D eigenvalue weighted by atomic mass is 28.3. The maximum Gasteiger partial charge on any atom is 0.405 e. The molecule has 48 heavy (non-hydrogen) atoms. The predicted molar refractivity (Wildman–Crippen MR) is 183 cm³/mol. The Morgan fingerprint density at radius 1 is 1.00 bits per heavy atom. The second-order valence-electron chi connectivity index (χ2n) is 13.2. The van der Waals surface area contributed by atoms with Crippen molar-refractivity contribution in [1.29, 1.82) is 0 Å². The molecule has 0 aliphatic carbocycles. The van der Waals surface area contributed by atoms with E-state index in [0.29, 0.717) is 49.0 Å². The second kappa shape index (κ2) is 15.0. The predicted octanol–water partition coefficient (Wildman–Crippen LogP) is 5.75. The fourth-order valence-electron chi connectivity index (χ4n) is 5.68. The normalized spacial score (nSPS) is 14.2. The molecule has 1 aliphatic heterocycles. The van der Waals surface area contributed by atoms with Crippen molar-refractivity contribution in [2.75, 3.05) is 32.8 Å². The Morgan fingerprint density at radius 2 is 1.71 bits per heavy atom. The van der Waals surface area contributed by atoms with E-state index in [2.05, 4.69) is 29.9 Å². The number of hydrogen-bond acceptors (Lipinski definition) is 6. The number of pyridine rings is 1. The van der Waals surface area contributed by atoms with Crippen LogP contribution in [0, 0.1) is 12.7 Å². The standard InChI is InChI=1S/C35H42FN5O6Si/c1-24-22-41(23-46-18-19-48(2,3)4)32-31(24)30(12-13-37-32)47-29-11-10-25(20-27(29)36)21-28(38-35(44)45)34(43)40-16-14-39(15-17-40)33(42)26-8-6-5-7-9-26/h5-13,20,22,28,38H,14-19,21,23H2,1-4H3,(H,44,45). The van der Waals surface area contributed by atoms with Gasteiger partial charge >= 0.3 is 6.09 Å². The summed E-state index contributed by atoms with van der Waals surface area (Å²) < 4.78 is 29.3. The van der Waals surface area contributed by atoms with Gasteiger partial charge < -0.3 is 34.3 Å². The zero-order chi connectivity index (χ0) is 34.4. The largest absolute Gasteiger partial charge is 0.465 e. The van der Waals surface area contributed by atoms with Crippen molar-refractivity contribution in [2.24, 2.45) is 0 Å². The molecule has 0 spiro atoms. The quantitative estimate of drug-likeness (QED) is 0.145. The fourth-order valence-corrected chi connectivity index (χ4v) is 6.43. The van der Waals surface area contributed by atoms with Crippen molar-refractivity contribution in [3.63, 3.8) is 0 Å². The Hall–Kier alpha value is -4.75. The van der Waals surface area contributed by atoms with Crippen molar-refractivity contribution in [2.45, 2.75) is 51.8 Å². The Morgan fingerprint density at radius 3 is 2.38 bits per heavy atom. The van der Waals surface area contributed by atoms with Gasteiger partial charge in [0.25, 0.3) is 5.91 Å². The number of aromatic nitrogens is 2. The zero-order valence-electron chi connectivity index (χ0n) is 27.7. The maximum atomic E-state index is 15.4. The molecule has 13 heteroatoms. The van der Waals surface area contributed by atoms with Crippen LogP contribution in [0.1, 0.15) is 21.5 Å². The first-order valence-corrected chi connectivity index (χ1v) is 19.7. The van der Waals surface area contributed by atoms with Gasteiger partial charge in [-0.05, 0) is 54.4 Å². The lowest BCUT2D eigenvalue weighted by Crippen LogP contribution is -2.56. The van der Waals surface area contributed by atoms with Gasteiger partial charge in [0.1, 0.15) is 24.2 Å². The van der Waals surface area contributed by atoms with Crippen LogP contribution in [0.3, 0.4) is 0 Å². The summed E-state index contributed by atoms with van der Waals surface area (Å²) in [5.74, 6) is -0.788. The van der Waals surface area contributed by atoms with Crippen LogP contribution in [0.15, 0.2) is 67.0 Å². The minimum atomic E-state index is -1.36. The van der Waals surface area contributed by atoms with Crippen LogP contribution in [0.2, 0.25) is 25.7 Å². The van der Waals surface area contributed by atoms with Crippen LogP contribution < -0.4 is 10.1 Å². The first kappa shape index (κ1) is 34.6. The summed E-state index contributed by atoms with van der Waals surface area (Å²) >= 11 is 0. The van der Waals surface area contributed by atoms with Crippen molar-refractivity contribution in [1.82, 2.24) is 24.7 Å². The summed E-state index contributed by atoms with van der Waals surface area (Å²) in [6.45, 7) is 11.0. The molecule has 3 heterocycles. The third-order valence-corrected chi connectivity index (χ3v) is 9.99. The molecule has 1 atom stereocenters. The summed E-state index contributed by atoms with van der Waals surface area (Å²) in [7, 11) is -1.22. The molecular weight excluding hydrogens is 633 g/mol. The van der Waals surface area contributed by atoms with Crippen molar-refractivity contribution in [3.05, 3.63) is 89.5 Å². The Balaban J connectivity index is 1.24. The number of halogens is 1. The van der Waals surface area contributed by atoms with E-state index in [0.717, 1.165) is 17.0 Å². The number of ether oxygens (including phenoxy) is 2. The van der Waals surface area contributed by atoms with E-state index in [-0.39, 0.29) is 31.2 Å². The topological polar surface area (TPSA) is 126 Å². The minimum absolute atomic E-state index is 0.0157. The molecule has 1 aliphatic rings. The highest BCUT2D eigenvalue weighted by Gasteiger charge is 2.31. The average molecular weight is 676 g/mol. The van der Waals surface area contributed by atoms with E-state index in [1.807, 2.05) is 23.8 Å². The number of carboxylic acid groups (broad SMARTS) is 1. The molecule has 1 saturated heterocycles. The molecular formula is C35H42FN5O6Si. The van der Waals surface area contributed by atoms with Gasteiger partial charge in [-0.15, -0.1) is 0 Å². The fraction of sp³-hybridized carbons (Fsp3) is 0.371. The van der Waals surface area contributed by atoms with Gasteiger partial charge in [0.2, 0.25) is 5.91 Å². The Labute approximate surface area is 280 Å². The van der Waals surface area contributed by atoms with Crippen LogP contribution in [-0.4, -0.2) is 89.3 Å². The van der Waals surface area contributed by atoms with Crippen LogP contribution in [0.4, 0.5) is 9.18 Å². The number of aryl methyl sites for hydroxylation is 1. The van der Waals surface area contributed by atoms with E-state index in [1.54, 1.807) is 47.5 Å². The molecule has 1 unspecified atom stereocenters. The molecule has 4 aromatic rings. The number of carbonyl (C=O) groups is 3. The number of benzene rings is 2.